The monoisotopic (exact) mass is 487 g/mol. The first kappa shape index (κ1) is 20.9. The highest BCUT2D eigenvalue weighted by atomic mass is 15.1. The molecule has 5 heterocycles. The first-order valence-electron chi connectivity index (χ1n) is 12.6. The predicted molar refractivity (Wildman–Crippen MR) is 154 cm³/mol. The van der Waals surface area contributed by atoms with E-state index in [2.05, 4.69) is 99.0 Å². The van der Waals surface area contributed by atoms with Crippen LogP contribution in [0.25, 0.3) is 66.6 Å². The highest BCUT2D eigenvalue weighted by Gasteiger charge is 2.20. The number of hydrogen-bond acceptors (Lipinski definition) is 3. The highest BCUT2D eigenvalue weighted by Crippen LogP contribution is 2.37. The molecule has 5 nitrogen and oxygen atoms in total. The number of nitrogens with zero attached hydrogens (tertiary/aromatic N) is 5. The van der Waals surface area contributed by atoms with Gasteiger partial charge in [0.25, 0.3) is 0 Å². The summed E-state index contributed by atoms with van der Waals surface area (Å²) in [6, 6.07) is 39.8. The van der Waals surface area contributed by atoms with Crippen molar-refractivity contribution in [2.24, 2.45) is 0 Å². The Labute approximate surface area is 218 Å². The van der Waals surface area contributed by atoms with Crippen molar-refractivity contribution < 1.29 is 0 Å². The van der Waals surface area contributed by atoms with E-state index < -0.39 is 0 Å². The summed E-state index contributed by atoms with van der Waals surface area (Å²) in [5.41, 5.74) is 9.11. The topological polar surface area (TPSA) is 48.5 Å². The Kier molecular flexibility index (Phi) is 4.45. The summed E-state index contributed by atoms with van der Waals surface area (Å²) in [5, 5.41) is 3.33. The lowest BCUT2D eigenvalue weighted by molar-refractivity contribution is 1.11. The molecule has 0 unspecified atom stereocenters. The van der Waals surface area contributed by atoms with E-state index in [-0.39, 0.29) is 0 Å². The Morgan fingerprint density at radius 2 is 1.16 bits per heavy atom. The molecule has 0 spiro atoms. The fraction of sp³-hybridized carbons (Fsp3) is 0. The largest absolute Gasteiger partial charge is 0.294 e. The molecule has 0 amide bonds. The Hall–Kier alpha value is -5.29. The maximum absolute atomic E-state index is 5.36. The number of aromatic nitrogens is 5. The van der Waals surface area contributed by atoms with Gasteiger partial charge in [-0.2, -0.15) is 0 Å². The lowest BCUT2D eigenvalue weighted by Crippen LogP contribution is -1.98. The summed E-state index contributed by atoms with van der Waals surface area (Å²) in [5.74, 6) is 0. The molecule has 0 fully saturated rings. The van der Waals surface area contributed by atoms with Gasteiger partial charge in [0.1, 0.15) is 11.3 Å². The Balaban J connectivity index is 1.45. The lowest BCUT2D eigenvalue weighted by atomic mass is 10.1. The number of para-hydroxylation sites is 2. The Bertz CT molecular complexity index is 2110. The molecule has 0 radical (unpaired) electrons. The van der Waals surface area contributed by atoms with Crippen molar-refractivity contribution in [3.8, 4) is 22.6 Å². The second-order valence-corrected chi connectivity index (χ2v) is 9.39. The van der Waals surface area contributed by atoms with E-state index in [0.29, 0.717) is 0 Å². The number of fused-ring (bicyclic) bond motifs is 6. The molecule has 0 aliphatic heterocycles. The molecule has 0 saturated carbocycles. The van der Waals surface area contributed by atoms with Crippen LogP contribution in [0.2, 0.25) is 0 Å². The van der Waals surface area contributed by atoms with Gasteiger partial charge in [0.2, 0.25) is 0 Å². The van der Waals surface area contributed by atoms with Crippen LogP contribution in [0, 0.1) is 0 Å². The zero-order chi connectivity index (χ0) is 25.1. The van der Waals surface area contributed by atoms with Crippen LogP contribution in [0.3, 0.4) is 0 Å². The van der Waals surface area contributed by atoms with Crippen LogP contribution in [0.1, 0.15) is 0 Å². The first-order chi connectivity index (χ1) is 18.9. The fourth-order valence-corrected chi connectivity index (χ4v) is 5.53. The molecule has 0 bridgehead atoms. The van der Waals surface area contributed by atoms with E-state index in [1.54, 1.807) is 0 Å². The molecule has 0 N–H and O–H groups in total. The van der Waals surface area contributed by atoms with Gasteiger partial charge in [-0.3, -0.25) is 19.1 Å². The molecule has 0 atom stereocenters. The van der Waals surface area contributed by atoms with Gasteiger partial charge >= 0.3 is 0 Å². The summed E-state index contributed by atoms with van der Waals surface area (Å²) in [6.07, 6.45) is 3.68. The summed E-state index contributed by atoms with van der Waals surface area (Å²) in [7, 11) is 0. The summed E-state index contributed by atoms with van der Waals surface area (Å²) in [6.45, 7) is 0. The molecular weight excluding hydrogens is 466 g/mol. The molecule has 3 aromatic carbocycles. The van der Waals surface area contributed by atoms with Crippen molar-refractivity contribution in [1.29, 1.82) is 0 Å². The zero-order valence-corrected chi connectivity index (χ0v) is 20.4. The van der Waals surface area contributed by atoms with Crippen LogP contribution < -0.4 is 0 Å². The van der Waals surface area contributed by atoms with Crippen LogP contribution in [0.5, 0.6) is 0 Å². The second-order valence-electron chi connectivity index (χ2n) is 9.39. The Morgan fingerprint density at radius 1 is 0.474 bits per heavy atom. The third kappa shape index (κ3) is 3.02. The summed E-state index contributed by atoms with van der Waals surface area (Å²) in [4.78, 5) is 14.6. The maximum atomic E-state index is 5.36. The van der Waals surface area contributed by atoms with Gasteiger partial charge in [0.15, 0.2) is 0 Å². The molecule has 0 saturated heterocycles. The SMILES string of the molecule is c1ccc(-n2c3cccnc3c3cc4c5ccccc5n(-c5ccc(-c6ccccn6)cc5)c4nc32)cc1. The van der Waals surface area contributed by atoms with Crippen molar-refractivity contribution in [2.75, 3.05) is 0 Å². The third-order valence-electron chi connectivity index (χ3n) is 7.22. The van der Waals surface area contributed by atoms with Crippen LogP contribution in [-0.2, 0) is 0 Å². The first-order valence-corrected chi connectivity index (χ1v) is 12.6. The molecule has 5 heteroatoms. The van der Waals surface area contributed by atoms with Gasteiger partial charge in [0, 0.05) is 45.5 Å². The molecule has 0 aliphatic rings. The van der Waals surface area contributed by atoms with Crippen molar-refractivity contribution >= 4 is 44.0 Å². The van der Waals surface area contributed by atoms with Crippen LogP contribution in [-0.4, -0.2) is 24.1 Å². The molecule has 178 valence electrons. The van der Waals surface area contributed by atoms with E-state index in [1.807, 2.05) is 42.7 Å². The molecule has 8 aromatic rings. The molecule has 38 heavy (non-hydrogen) atoms. The van der Waals surface area contributed by atoms with Crippen molar-refractivity contribution in [3.63, 3.8) is 0 Å². The highest BCUT2D eigenvalue weighted by molar-refractivity contribution is 6.15. The zero-order valence-electron chi connectivity index (χ0n) is 20.4. The third-order valence-corrected chi connectivity index (χ3v) is 7.22. The van der Waals surface area contributed by atoms with E-state index in [9.17, 15) is 0 Å². The minimum atomic E-state index is 0.895. The predicted octanol–water partition coefficient (Wildman–Crippen LogP) is 7.73. The normalized spacial score (nSPS) is 11.7. The van der Waals surface area contributed by atoms with E-state index in [1.165, 1.54) is 5.39 Å². The average Bonchev–Trinajstić information content (AvgIpc) is 3.49. The van der Waals surface area contributed by atoms with E-state index in [4.69, 9.17) is 9.97 Å². The smallest absolute Gasteiger partial charge is 0.149 e. The van der Waals surface area contributed by atoms with Gasteiger partial charge in [-0.1, -0.05) is 54.6 Å². The molecular formula is C33H21N5. The van der Waals surface area contributed by atoms with Gasteiger partial charge < -0.3 is 0 Å². The molecule has 5 aromatic heterocycles. The van der Waals surface area contributed by atoms with Gasteiger partial charge in [0.05, 0.1) is 22.2 Å². The molecule has 8 rings (SSSR count). The summed E-state index contributed by atoms with van der Waals surface area (Å²) >= 11 is 0. The Morgan fingerprint density at radius 3 is 2.00 bits per heavy atom. The molecule has 0 aliphatic carbocycles. The van der Waals surface area contributed by atoms with Gasteiger partial charge in [-0.05, 0) is 60.7 Å². The fourth-order valence-electron chi connectivity index (χ4n) is 5.53. The maximum Gasteiger partial charge on any atom is 0.149 e. The van der Waals surface area contributed by atoms with Crippen LogP contribution >= 0.6 is 0 Å². The quantitative estimate of drug-likeness (QED) is 0.256. The van der Waals surface area contributed by atoms with Crippen molar-refractivity contribution in [2.45, 2.75) is 0 Å². The van der Waals surface area contributed by atoms with Gasteiger partial charge in [-0.15, -0.1) is 0 Å². The van der Waals surface area contributed by atoms with E-state index >= 15 is 0 Å². The average molecular weight is 488 g/mol. The number of rotatable bonds is 3. The van der Waals surface area contributed by atoms with Crippen molar-refractivity contribution in [3.05, 3.63) is 128 Å². The minimum absolute atomic E-state index is 0.895. The second kappa shape index (κ2) is 8.11. The van der Waals surface area contributed by atoms with Gasteiger partial charge in [-0.25, -0.2) is 4.98 Å². The van der Waals surface area contributed by atoms with E-state index in [0.717, 1.165) is 61.2 Å². The van der Waals surface area contributed by atoms with Crippen LogP contribution in [0.4, 0.5) is 0 Å². The lowest BCUT2D eigenvalue weighted by Gasteiger charge is -2.10. The van der Waals surface area contributed by atoms with Crippen LogP contribution in [0.15, 0.2) is 128 Å². The number of benzene rings is 3. The van der Waals surface area contributed by atoms with Crippen molar-refractivity contribution in [1.82, 2.24) is 24.1 Å². The summed E-state index contributed by atoms with van der Waals surface area (Å²) < 4.78 is 4.47. The standard InChI is InChI=1S/C33H21N5/c1-2-9-23(10-3-1)38-30-14-8-20-35-31(30)27-21-26-25-11-4-5-13-29(25)37(32(26)36-33(27)38)24-17-15-22(16-18-24)28-12-6-7-19-34-28/h1-21H. The number of hydrogen-bond donors (Lipinski definition) is 0. The number of pyridine rings is 3. The minimum Gasteiger partial charge on any atom is -0.294 e.